The third-order valence-corrected chi connectivity index (χ3v) is 4.40. The van der Waals surface area contributed by atoms with E-state index in [9.17, 15) is 8.42 Å². The maximum Gasteiger partial charge on any atom is 0.260 e. The molecule has 0 radical (unpaired) electrons. The van der Waals surface area contributed by atoms with Crippen molar-refractivity contribution in [2.24, 2.45) is 0 Å². The molecule has 0 aliphatic heterocycles. The molecule has 0 saturated heterocycles. The van der Waals surface area contributed by atoms with Gasteiger partial charge in [0.2, 0.25) is 0 Å². The maximum atomic E-state index is 12.5. The molecule has 1 aromatic rings. The summed E-state index contributed by atoms with van der Waals surface area (Å²) in [5.74, 6) is 0. The van der Waals surface area contributed by atoms with Crippen LogP contribution >= 0.6 is 0 Å². The van der Waals surface area contributed by atoms with E-state index in [4.69, 9.17) is 4.74 Å². The van der Waals surface area contributed by atoms with Crippen molar-refractivity contribution in [3.63, 3.8) is 0 Å². The first kappa shape index (κ1) is 15.8. The molecule has 0 atom stereocenters. The number of hydrogen-bond acceptors (Lipinski definition) is 5. The lowest BCUT2D eigenvalue weighted by atomic mass is 10.4. The van der Waals surface area contributed by atoms with Crippen molar-refractivity contribution in [1.82, 2.24) is 19.8 Å². The van der Waals surface area contributed by atoms with E-state index in [1.54, 1.807) is 13.1 Å². The van der Waals surface area contributed by atoms with Crippen LogP contribution in [0.15, 0.2) is 23.9 Å². The third-order valence-electron chi connectivity index (χ3n) is 2.52. The molecule has 0 aromatic carbocycles. The van der Waals surface area contributed by atoms with Crippen molar-refractivity contribution < 1.29 is 13.2 Å². The van der Waals surface area contributed by atoms with Gasteiger partial charge in [0.1, 0.15) is 0 Å². The number of hydrogen-bond donors (Lipinski definition) is 2. The van der Waals surface area contributed by atoms with Crippen LogP contribution in [0.3, 0.4) is 0 Å². The van der Waals surface area contributed by atoms with Crippen LogP contribution in [0, 0.1) is 0 Å². The summed E-state index contributed by atoms with van der Waals surface area (Å²) in [6, 6.07) is 0. The van der Waals surface area contributed by atoms with Gasteiger partial charge in [0.05, 0.1) is 12.8 Å². The van der Waals surface area contributed by atoms with Crippen molar-refractivity contribution in [3.05, 3.63) is 24.4 Å². The third kappa shape index (κ3) is 3.87. The Hall–Kier alpha value is -1.22. The average Bonchev–Trinajstić information content (AvgIpc) is 2.83. The Morgan fingerprint density at radius 3 is 2.95 bits per heavy atom. The number of H-pyrrole nitrogens is 1. The second kappa shape index (κ2) is 7.39. The summed E-state index contributed by atoms with van der Waals surface area (Å²) in [4.78, 5) is 0. The molecule has 19 heavy (non-hydrogen) atoms. The number of aromatic amines is 1. The summed E-state index contributed by atoms with van der Waals surface area (Å²) in [6.07, 6.45) is 3.05. The van der Waals surface area contributed by atoms with Crippen LogP contribution < -0.4 is 5.32 Å². The summed E-state index contributed by atoms with van der Waals surface area (Å²) >= 11 is 0. The van der Waals surface area contributed by atoms with Gasteiger partial charge in [0.15, 0.2) is 5.03 Å². The first-order chi connectivity index (χ1) is 9.07. The number of aromatic nitrogens is 2. The monoisotopic (exact) mass is 288 g/mol. The maximum absolute atomic E-state index is 12.5. The van der Waals surface area contributed by atoms with Gasteiger partial charge in [-0.25, -0.2) is 8.42 Å². The molecule has 0 aliphatic carbocycles. The van der Waals surface area contributed by atoms with E-state index in [-0.39, 0.29) is 18.1 Å². The SMILES string of the molecule is C=CCN(CCOC)S(=O)(=O)c1[nH]ncc1CNC. The zero-order chi connectivity index (χ0) is 14.3. The number of nitrogens with zero attached hydrogens (tertiary/aromatic N) is 2. The second-order valence-corrected chi connectivity index (χ2v) is 5.77. The van der Waals surface area contributed by atoms with Crippen molar-refractivity contribution in [2.45, 2.75) is 11.6 Å². The van der Waals surface area contributed by atoms with E-state index >= 15 is 0 Å². The topological polar surface area (TPSA) is 87.3 Å². The second-order valence-electron chi connectivity index (χ2n) is 3.90. The van der Waals surface area contributed by atoms with E-state index < -0.39 is 10.0 Å². The van der Waals surface area contributed by atoms with Crippen LogP contribution in [0.2, 0.25) is 0 Å². The van der Waals surface area contributed by atoms with Crippen LogP contribution in [0.4, 0.5) is 0 Å². The molecule has 1 rings (SSSR count). The van der Waals surface area contributed by atoms with Gasteiger partial charge in [-0.05, 0) is 7.05 Å². The van der Waals surface area contributed by atoms with E-state index in [1.165, 1.54) is 17.6 Å². The fraction of sp³-hybridized carbons (Fsp3) is 0.545. The van der Waals surface area contributed by atoms with E-state index in [2.05, 4.69) is 22.1 Å². The number of ether oxygens (including phenoxy) is 1. The smallest absolute Gasteiger partial charge is 0.260 e. The van der Waals surface area contributed by atoms with Gasteiger partial charge < -0.3 is 10.1 Å². The molecular weight excluding hydrogens is 268 g/mol. The first-order valence-electron chi connectivity index (χ1n) is 5.84. The Balaban J connectivity index is 3.03. The minimum absolute atomic E-state index is 0.111. The molecule has 0 bridgehead atoms. The summed E-state index contributed by atoms with van der Waals surface area (Å²) in [7, 11) is -0.346. The molecule has 2 N–H and O–H groups in total. The molecule has 1 aromatic heterocycles. The minimum atomic E-state index is -3.62. The standard InChI is InChI=1S/C11H20N4O3S/c1-4-5-15(6-7-18-3)19(16,17)11-10(8-12-2)9-13-14-11/h4,9,12H,1,5-8H2,2-3H3,(H,13,14). The molecule has 108 valence electrons. The predicted molar refractivity (Wildman–Crippen MR) is 72.2 cm³/mol. The Kier molecular flexibility index (Phi) is 6.16. The highest BCUT2D eigenvalue weighted by atomic mass is 32.2. The van der Waals surface area contributed by atoms with Crippen LogP contribution in [0.1, 0.15) is 5.56 Å². The van der Waals surface area contributed by atoms with Crippen molar-refractivity contribution in [3.8, 4) is 0 Å². The fourth-order valence-corrected chi connectivity index (χ4v) is 3.11. The fourth-order valence-electron chi connectivity index (χ4n) is 1.61. The van der Waals surface area contributed by atoms with Gasteiger partial charge in [0, 0.05) is 32.3 Å². The summed E-state index contributed by atoms with van der Waals surface area (Å²) in [5, 5.41) is 9.37. The Morgan fingerprint density at radius 2 is 2.37 bits per heavy atom. The minimum Gasteiger partial charge on any atom is -0.383 e. The van der Waals surface area contributed by atoms with Gasteiger partial charge in [-0.3, -0.25) is 5.10 Å². The Bertz CT molecular complexity index is 498. The number of nitrogens with one attached hydrogen (secondary N) is 2. The van der Waals surface area contributed by atoms with Crippen molar-refractivity contribution >= 4 is 10.0 Å². The van der Waals surface area contributed by atoms with Crippen LogP contribution in [-0.4, -0.2) is 56.8 Å². The van der Waals surface area contributed by atoms with E-state index in [0.29, 0.717) is 18.7 Å². The molecule has 0 aliphatic rings. The van der Waals surface area contributed by atoms with Gasteiger partial charge in [-0.15, -0.1) is 6.58 Å². The average molecular weight is 288 g/mol. The molecule has 8 heteroatoms. The van der Waals surface area contributed by atoms with E-state index in [1.807, 2.05) is 0 Å². The molecular formula is C11H20N4O3S. The number of rotatable bonds is 9. The zero-order valence-corrected chi connectivity index (χ0v) is 12.0. The normalized spacial score (nSPS) is 11.9. The lowest BCUT2D eigenvalue weighted by molar-refractivity contribution is 0.182. The van der Waals surface area contributed by atoms with Crippen molar-refractivity contribution in [2.75, 3.05) is 33.9 Å². The number of methoxy groups -OCH3 is 1. The molecule has 0 saturated carbocycles. The molecule has 0 amide bonds. The molecule has 1 heterocycles. The summed E-state index contributed by atoms with van der Waals surface area (Å²) in [5.41, 5.74) is 0.606. The van der Waals surface area contributed by atoms with Crippen LogP contribution in [0.5, 0.6) is 0 Å². The molecule has 0 spiro atoms. The van der Waals surface area contributed by atoms with Gasteiger partial charge in [0.25, 0.3) is 10.0 Å². The number of sulfonamides is 1. The lowest BCUT2D eigenvalue weighted by Gasteiger charge is -2.20. The van der Waals surface area contributed by atoms with Crippen molar-refractivity contribution in [1.29, 1.82) is 0 Å². The zero-order valence-electron chi connectivity index (χ0n) is 11.2. The Morgan fingerprint density at radius 1 is 1.63 bits per heavy atom. The lowest BCUT2D eigenvalue weighted by Crippen LogP contribution is -2.35. The largest absolute Gasteiger partial charge is 0.383 e. The first-order valence-corrected chi connectivity index (χ1v) is 7.28. The highest BCUT2D eigenvalue weighted by molar-refractivity contribution is 7.89. The van der Waals surface area contributed by atoms with Gasteiger partial charge in [-0.1, -0.05) is 6.08 Å². The van der Waals surface area contributed by atoms with Gasteiger partial charge >= 0.3 is 0 Å². The molecule has 0 unspecified atom stereocenters. The molecule has 0 fully saturated rings. The summed E-state index contributed by atoms with van der Waals surface area (Å²) in [6.45, 7) is 4.82. The van der Waals surface area contributed by atoms with E-state index in [0.717, 1.165) is 0 Å². The van der Waals surface area contributed by atoms with Crippen LogP contribution in [0.25, 0.3) is 0 Å². The van der Waals surface area contributed by atoms with Gasteiger partial charge in [-0.2, -0.15) is 9.40 Å². The Labute approximate surface area is 113 Å². The van der Waals surface area contributed by atoms with Crippen LogP contribution in [-0.2, 0) is 21.3 Å². The summed E-state index contributed by atoms with van der Waals surface area (Å²) < 4.78 is 31.2. The highest BCUT2D eigenvalue weighted by Gasteiger charge is 2.27. The highest BCUT2D eigenvalue weighted by Crippen LogP contribution is 2.17. The molecule has 7 nitrogen and oxygen atoms in total. The quantitative estimate of drug-likeness (QED) is 0.622. The predicted octanol–water partition coefficient (Wildman–Crippen LogP) is -0.0478.